The number of carbonyl (C=O) groups excluding carboxylic acids is 1. The summed E-state index contributed by atoms with van der Waals surface area (Å²) in [6.07, 6.45) is 4.17. The smallest absolute Gasteiger partial charge is 0.315 e. The topological polar surface area (TPSA) is 56.9 Å². The molecule has 0 spiro atoms. The van der Waals surface area contributed by atoms with E-state index in [1.54, 1.807) is 0 Å². The van der Waals surface area contributed by atoms with E-state index >= 15 is 0 Å². The molecule has 1 aromatic carbocycles. The molecule has 0 radical (unpaired) electrons. The first-order valence-electron chi connectivity index (χ1n) is 5.92. The van der Waals surface area contributed by atoms with Crippen molar-refractivity contribution in [2.75, 3.05) is 0 Å². The number of aromatic amines is 1. The van der Waals surface area contributed by atoms with Crippen LogP contribution in [0.3, 0.4) is 0 Å². The van der Waals surface area contributed by atoms with Crippen molar-refractivity contribution in [3.05, 3.63) is 36.0 Å². The molecule has 1 heterocycles. The lowest BCUT2D eigenvalue weighted by Crippen LogP contribution is -2.36. The van der Waals surface area contributed by atoms with Crippen LogP contribution in [-0.4, -0.2) is 17.1 Å². The molecule has 0 bridgehead atoms. The third kappa shape index (κ3) is 2.25. The molecule has 17 heavy (non-hydrogen) atoms. The Morgan fingerprint density at radius 2 is 2.18 bits per heavy atom. The van der Waals surface area contributed by atoms with Gasteiger partial charge in [-0.05, 0) is 24.5 Å². The molecule has 1 fully saturated rings. The van der Waals surface area contributed by atoms with Gasteiger partial charge in [-0.1, -0.05) is 18.2 Å². The van der Waals surface area contributed by atoms with E-state index in [2.05, 4.69) is 21.7 Å². The number of amides is 2. The number of carbonyl (C=O) groups is 1. The van der Waals surface area contributed by atoms with Crippen molar-refractivity contribution in [2.45, 2.75) is 25.4 Å². The summed E-state index contributed by atoms with van der Waals surface area (Å²) in [5.41, 5.74) is 2.22. The van der Waals surface area contributed by atoms with E-state index in [9.17, 15) is 4.79 Å². The average molecular weight is 229 g/mol. The Morgan fingerprint density at radius 3 is 3.00 bits per heavy atom. The maximum atomic E-state index is 11.5. The molecule has 4 nitrogen and oxygen atoms in total. The van der Waals surface area contributed by atoms with E-state index in [-0.39, 0.29) is 6.03 Å². The highest BCUT2D eigenvalue weighted by Crippen LogP contribution is 2.19. The first-order chi connectivity index (χ1) is 8.33. The van der Waals surface area contributed by atoms with Gasteiger partial charge in [0, 0.05) is 29.7 Å². The second-order valence-electron chi connectivity index (χ2n) is 4.46. The molecule has 0 saturated heterocycles. The summed E-state index contributed by atoms with van der Waals surface area (Å²) in [6.45, 7) is 0.558. The maximum Gasteiger partial charge on any atom is 0.315 e. The first-order valence-corrected chi connectivity index (χ1v) is 5.92. The number of fused-ring (bicyclic) bond motifs is 1. The quantitative estimate of drug-likeness (QED) is 0.742. The number of rotatable bonds is 3. The Hall–Kier alpha value is -1.97. The van der Waals surface area contributed by atoms with Gasteiger partial charge in [-0.2, -0.15) is 0 Å². The van der Waals surface area contributed by atoms with E-state index in [4.69, 9.17) is 0 Å². The molecule has 3 rings (SSSR count). The number of H-pyrrole nitrogens is 1. The summed E-state index contributed by atoms with van der Waals surface area (Å²) in [6, 6.07) is 8.42. The van der Waals surface area contributed by atoms with Crippen LogP contribution in [0.1, 0.15) is 18.4 Å². The van der Waals surface area contributed by atoms with Crippen LogP contribution in [-0.2, 0) is 6.54 Å². The second kappa shape index (κ2) is 4.13. The van der Waals surface area contributed by atoms with Crippen molar-refractivity contribution < 1.29 is 4.79 Å². The van der Waals surface area contributed by atoms with Crippen LogP contribution in [0.25, 0.3) is 10.9 Å². The number of urea groups is 1. The average Bonchev–Trinajstić information content (AvgIpc) is 3.06. The van der Waals surface area contributed by atoms with Gasteiger partial charge in [0.1, 0.15) is 0 Å². The number of aromatic nitrogens is 1. The normalized spacial score (nSPS) is 14.8. The Morgan fingerprint density at radius 1 is 1.35 bits per heavy atom. The van der Waals surface area contributed by atoms with Crippen LogP contribution in [0.5, 0.6) is 0 Å². The Bertz CT molecular complexity index is 542. The van der Waals surface area contributed by atoms with E-state index < -0.39 is 0 Å². The number of nitrogens with one attached hydrogen (secondary N) is 3. The zero-order chi connectivity index (χ0) is 11.7. The summed E-state index contributed by atoms with van der Waals surface area (Å²) in [4.78, 5) is 14.7. The highest BCUT2D eigenvalue weighted by molar-refractivity contribution is 5.83. The number of benzene rings is 1. The fourth-order valence-electron chi connectivity index (χ4n) is 1.92. The molecule has 1 aliphatic carbocycles. The molecular weight excluding hydrogens is 214 g/mol. The summed E-state index contributed by atoms with van der Waals surface area (Å²) in [5.74, 6) is 0. The van der Waals surface area contributed by atoms with Crippen LogP contribution in [0.15, 0.2) is 30.5 Å². The van der Waals surface area contributed by atoms with Crippen molar-refractivity contribution in [3.63, 3.8) is 0 Å². The molecule has 2 aromatic rings. The van der Waals surface area contributed by atoms with Crippen LogP contribution in [0.4, 0.5) is 4.79 Å². The molecule has 1 saturated carbocycles. The summed E-state index contributed by atoms with van der Waals surface area (Å²) >= 11 is 0. The largest absolute Gasteiger partial charge is 0.361 e. The predicted octanol–water partition coefficient (Wildman–Crippen LogP) is 2.13. The molecule has 3 N–H and O–H groups in total. The molecule has 88 valence electrons. The van der Waals surface area contributed by atoms with Gasteiger partial charge in [0.2, 0.25) is 0 Å². The zero-order valence-electron chi connectivity index (χ0n) is 9.49. The van der Waals surface area contributed by atoms with Gasteiger partial charge in [0.05, 0.1) is 0 Å². The highest BCUT2D eigenvalue weighted by Gasteiger charge is 2.22. The zero-order valence-corrected chi connectivity index (χ0v) is 9.49. The third-order valence-corrected chi connectivity index (χ3v) is 3.03. The number of para-hydroxylation sites is 1. The Balaban J connectivity index is 1.65. The lowest BCUT2D eigenvalue weighted by Gasteiger charge is -2.05. The molecule has 2 amide bonds. The summed E-state index contributed by atoms with van der Waals surface area (Å²) in [7, 11) is 0. The molecule has 0 aliphatic heterocycles. The standard InChI is InChI=1S/C13H15N3O/c17-13(16-10-5-6-10)15-8-9-7-14-12-4-2-1-3-11(9)12/h1-4,7,10,14H,5-6,8H2,(H2,15,16,17). The Labute approximate surface area is 99.4 Å². The fourth-order valence-corrected chi connectivity index (χ4v) is 1.92. The predicted molar refractivity (Wildman–Crippen MR) is 66.7 cm³/mol. The fraction of sp³-hybridized carbons (Fsp3) is 0.308. The Kier molecular flexibility index (Phi) is 2.48. The van der Waals surface area contributed by atoms with Crippen molar-refractivity contribution in [2.24, 2.45) is 0 Å². The van der Waals surface area contributed by atoms with Crippen molar-refractivity contribution in [3.8, 4) is 0 Å². The minimum atomic E-state index is -0.0715. The molecule has 4 heteroatoms. The SMILES string of the molecule is O=C(NCc1c[nH]c2ccccc12)NC1CC1. The molecule has 1 aromatic heterocycles. The van der Waals surface area contributed by atoms with E-state index in [1.165, 1.54) is 5.39 Å². The minimum absolute atomic E-state index is 0.0715. The molecular formula is C13H15N3O. The highest BCUT2D eigenvalue weighted by atomic mass is 16.2. The monoisotopic (exact) mass is 229 g/mol. The van der Waals surface area contributed by atoms with Crippen molar-refractivity contribution in [1.29, 1.82) is 0 Å². The molecule has 1 aliphatic rings. The van der Waals surface area contributed by atoms with E-state index in [0.29, 0.717) is 12.6 Å². The van der Waals surface area contributed by atoms with Gasteiger partial charge in [0.25, 0.3) is 0 Å². The van der Waals surface area contributed by atoms with Gasteiger partial charge in [-0.15, -0.1) is 0 Å². The van der Waals surface area contributed by atoms with Gasteiger partial charge in [0.15, 0.2) is 0 Å². The van der Waals surface area contributed by atoms with Gasteiger partial charge < -0.3 is 15.6 Å². The minimum Gasteiger partial charge on any atom is -0.361 e. The van der Waals surface area contributed by atoms with Crippen molar-refractivity contribution >= 4 is 16.9 Å². The number of hydrogen-bond acceptors (Lipinski definition) is 1. The maximum absolute atomic E-state index is 11.5. The van der Waals surface area contributed by atoms with Gasteiger partial charge >= 0.3 is 6.03 Å². The lowest BCUT2D eigenvalue weighted by atomic mass is 10.2. The molecule has 0 unspecified atom stereocenters. The van der Waals surface area contributed by atoms with Crippen LogP contribution >= 0.6 is 0 Å². The summed E-state index contributed by atoms with van der Waals surface area (Å²) in [5, 5.41) is 6.95. The second-order valence-corrected chi connectivity index (χ2v) is 4.46. The van der Waals surface area contributed by atoms with E-state index in [1.807, 2.05) is 24.4 Å². The van der Waals surface area contributed by atoms with E-state index in [0.717, 1.165) is 23.9 Å². The first kappa shape index (κ1) is 10.2. The third-order valence-electron chi connectivity index (χ3n) is 3.03. The van der Waals surface area contributed by atoms with Crippen LogP contribution in [0, 0.1) is 0 Å². The van der Waals surface area contributed by atoms with Gasteiger partial charge in [-0.3, -0.25) is 0 Å². The number of hydrogen-bond donors (Lipinski definition) is 3. The van der Waals surface area contributed by atoms with Gasteiger partial charge in [-0.25, -0.2) is 4.79 Å². The molecule has 0 atom stereocenters. The van der Waals surface area contributed by atoms with Crippen LogP contribution in [0.2, 0.25) is 0 Å². The summed E-state index contributed by atoms with van der Waals surface area (Å²) < 4.78 is 0. The van der Waals surface area contributed by atoms with Crippen LogP contribution < -0.4 is 10.6 Å². The van der Waals surface area contributed by atoms with Crippen molar-refractivity contribution in [1.82, 2.24) is 15.6 Å². The lowest BCUT2D eigenvalue weighted by molar-refractivity contribution is 0.240.